The van der Waals surface area contributed by atoms with E-state index in [0.717, 1.165) is 31.7 Å². The summed E-state index contributed by atoms with van der Waals surface area (Å²) in [5.41, 5.74) is 0. The first-order chi connectivity index (χ1) is 8.36. The normalized spacial score (nSPS) is 16.1. The van der Waals surface area contributed by atoms with Gasteiger partial charge in [0.15, 0.2) is 6.39 Å². The van der Waals surface area contributed by atoms with Gasteiger partial charge in [-0.1, -0.05) is 0 Å². The predicted octanol–water partition coefficient (Wildman–Crippen LogP) is 1.17. The van der Waals surface area contributed by atoms with Crippen LogP contribution >= 0.6 is 0 Å². The number of carbonyl (C=O) groups is 1. The second-order valence-electron chi connectivity index (χ2n) is 4.34. The van der Waals surface area contributed by atoms with Gasteiger partial charge in [-0.2, -0.15) is 0 Å². The summed E-state index contributed by atoms with van der Waals surface area (Å²) in [5, 5.41) is 3.18. The maximum absolute atomic E-state index is 11.8. The second-order valence-corrected chi connectivity index (χ2v) is 4.34. The van der Waals surface area contributed by atoms with Crippen molar-refractivity contribution in [2.45, 2.75) is 32.2 Å². The Labute approximate surface area is 101 Å². The van der Waals surface area contributed by atoms with Crippen LogP contribution < -0.4 is 5.32 Å². The highest BCUT2D eigenvalue weighted by atomic mass is 16.3. The average molecular weight is 237 g/mol. The highest BCUT2D eigenvalue weighted by Gasteiger charge is 2.15. The predicted molar refractivity (Wildman–Crippen MR) is 63.3 cm³/mol. The van der Waals surface area contributed by atoms with Crippen LogP contribution in [0.3, 0.4) is 0 Å². The average Bonchev–Trinajstić information content (AvgIpc) is 2.88. The molecule has 2 heterocycles. The molecule has 1 aliphatic rings. The minimum Gasteiger partial charge on any atom is -0.447 e. The number of aromatic nitrogens is 1. The molecule has 0 unspecified atom stereocenters. The number of likely N-dealkylation sites (tertiary alicyclic amines) is 1. The van der Waals surface area contributed by atoms with E-state index in [4.69, 9.17) is 4.42 Å². The van der Waals surface area contributed by atoms with Gasteiger partial charge in [0.2, 0.25) is 5.91 Å². The fourth-order valence-corrected chi connectivity index (χ4v) is 2.04. The summed E-state index contributed by atoms with van der Waals surface area (Å²) in [7, 11) is 0. The zero-order chi connectivity index (χ0) is 11.9. The molecule has 0 bridgehead atoms. The lowest BCUT2D eigenvalue weighted by Crippen LogP contribution is -2.37. The van der Waals surface area contributed by atoms with Gasteiger partial charge in [0.25, 0.3) is 0 Å². The fourth-order valence-electron chi connectivity index (χ4n) is 2.04. The zero-order valence-corrected chi connectivity index (χ0v) is 10.0. The van der Waals surface area contributed by atoms with Crippen molar-refractivity contribution >= 4 is 5.91 Å². The Bertz CT molecular complexity index is 332. The number of nitrogens with one attached hydrogen (secondary N) is 1. The Hall–Kier alpha value is -1.36. The van der Waals surface area contributed by atoms with Crippen molar-refractivity contribution < 1.29 is 9.21 Å². The Morgan fingerprint density at radius 2 is 2.24 bits per heavy atom. The molecule has 0 aromatic carbocycles. The lowest BCUT2D eigenvalue weighted by atomic mass is 10.1. The molecule has 1 N–H and O–H groups in total. The summed E-state index contributed by atoms with van der Waals surface area (Å²) < 4.78 is 5.09. The molecule has 5 nitrogen and oxygen atoms in total. The summed E-state index contributed by atoms with van der Waals surface area (Å²) in [6.07, 6.45) is 7.21. The van der Waals surface area contributed by atoms with Crippen molar-refractivity contribution in [3.8, 4) is 0 Å². The van der Waals surface area contributed by atoms with Gasteiger partial charge in [-0.3, -0.25) is 4.79 Å². The van der Waals surface area contributed by atoms with Crippen molar-refractivity contribution in [3.05, 3.63) is 18.4 Å². The number of nitrogens with zero attached hydrogens (tertiary/aromatic N) is 2. The molecule has 0 atom stereocenters. The van der Waals surface area contributed by atoms with Crippen LogP contribution in [-0.4, -0.2) is 35.4 Å². The Morgan fingerprint density at radius 1 is 1.41 bits per heavy atom. The highest BCUT2D eigenvalue weighted by Crippen LogP contribution is 2.09. The van der Waals surface area contributed by atoms with Gasteiger partial charge in [-0.15, -0.1) is 0 Å². The number of oxazole rings is 1. The van der Waals surface area contributed by atoms with E-state index < -0.39 is 0 Å². The van der Waals surface area contributed by atoms with Crippen LogP contribution in [0.1, 0.15) is 31.4 Å². The lowest BCUT2D eigenvalue weighted by Gasteiger charge is -2.26. The molecule has 1 aromatic heterocycles. The number of rotatable bonds is 5. The smallest absolute Gasteiger partial charge is 0.223 e. The van der Waals surface area contributed by atoms with E-state index in [2.05, 4.69) is 10.3 Å². The van der Waals surface area contributed by atoms with Crippen molar-refractivity contribution in [2.24, 2.45) is 0 Å². The molecule has 1 amide bonds. The van der Waals surface area contributed by atoms with Crippen molar-refractivity contribution in [1.82, 2.24) is 15.2 Å². The first-order valence-corrected chi connectivity index (χ1v) is 6.22. The van der Waals surface area contributed by atoms with Gasteiger partial charge in [-0.25, -0.2) is 4.98 Å². The Kier molecular flexibility index (Phi) is 4.55. The van der Waals surface area contributed by atoms with E-state index >= 15 is 0 Å². The molecule has 0 radical (unpaired) electrons. The number of amides is 1. The molecule has 1 fully saturated rings. The van der Waals surface area contributed by atoms with Crippen LogP contribution in [0, 0.1) is 0 Å². The number of hydrogen-bond acceptors (Lipinski definition) is 4. The third kappa shape index (κ3) is 3.85. The quantitative estimate of drug-likeness (QED) is 0.781. The Balaban J connectivity index is 1.59. The topological polar surface area (TPSA) is 58.4 Å². The van der Waals surface area contributed by atoms with Crippen LogP contribution in [0.4, 0.5) is 0 Å². The minimum absolute atomic E-state index is 0.259. The second kappa shape index (κ2) is 6.39. The molecule has 1 aromatic rings. The Morgan fingerprint density at radius 3 is 2.94 bits per heavy atom. The molecule has 1 aliphatic heterocycles. The molecule has 0 aliphatic carbocycles. The molecule has 17 heavy (non-hydrogen) atoms. The summed E-state index contributed by atoms with van der Waals surface area (Å²) >= 11 is 0. The number of piperidine rings is 1. The van der Waals surface area contributed by atoms with E-state index in [9.17, 15) is 4.79 Å². The first-order valence-electron chi connectivity index (χ1n) is 6.22. The van der Waals surface area contributed by atoms with Gasteiger partial charge < -0.3 is 14.6 Å². The van der Waals surface area contributed by atoms with E-state index in [1.807, 2.05) is 4.90 Å². The molecule has 2 rings (SSSR count). The van der Waals surface area contributed by atoms with Crippen molar-refractivity contribution in [2.75, 3.05) is 19.6 Å². The standard InChI is InChI=1S/C12H19N3O2/c16-12(15-6-2-1-3-7-15)4-5-13-8-11-9-14-10-17-11/h9-10,13H,1-8H2. The third-order valence-corrected chi connectivity index (χ3v) is 3.01. The molecule has 0 spiro atoms. The van der Waals surface area contributed by atoms with Crippen LogP contribution in [0.15, 0.2) is 17.0 Å². The molecule has 94 valence electrons. The number of hydrogen-bond donors (Lipinski definition) is 1. The van der Waals surface area contributed by atoms with Crippen LogP contribution in [0.2, 0.25) is 0 Å². The van der Waals surface area contributed by atoms with Crippen molar-refractivity contribution in [3.63, 3.8) is 0 Å². The largest absolute Gasteiger partial charge is 0.447 e. The van der Waals surface area contributed by atoms with E-state index in [-0.39, 0.29) is 5.91 Å². The van der Waals surface area contributed by atoms with Gasteiger partial charge >= 0.3 is 0 Å². The summed E-state index contributed by atoms with van der Waals surface area (Å²) in [6.45, 7) is 3.19. The zero-order valence-electron chi connectivity index (χ0n) is 10.0. The molecule has 0 saturated carbocycles. The molecular formula is C12H19N3O2. The summed E-state index contributed by atoms with van der Waals surface area (Å²) in [6, 6.07) is 0. The van der Waals surface area contributed by atoms with Gasteiger partial charge in [0.1, 0.15) is 5.76 Å². The fraction of sp³-hybridized carbons (Fsp3) is 0.667. The monoisotopic (exact) mass is 237 g/mol. The number of carbonyl (C=O) groups excluding carboxylic acids is 1. The molecule has 1 saturated heterocycles. The maximum atomic E-state index is 11.8. The van der Waals surface area contributed by atoms with Gasteiger partial charge in [-0.05, 0) is 19.3 Å². The molecule has 5 heteroatoms. The minimum atomic E-state index is 0.259. The summed E-state index contributed by atoms with van der Waals surface area (Å²) in [4.78, 5) is 17.6. The van der Waals surface area contributed by atoms with Crippen molar-refractivity contribution in [1.29, 1.82) is 0 Å². The van der Waals surface area contributed by atoms with Crippen LogP contribution in [0.25, 0.3) is 0 Å². The lowest BCUT2D eigenvalue weighted by molar-refractivity contribution is -0.131. The SMILES string of the molecule is O=C(CCNCc1cnco1)N1CCCCC1. The van der Waals surface area contributed by atoms with Gasteiger partial charge in [0, 0.05) is 26.1 Å². The third-order valence-electron chi connectivity index (χ3n) is 3.01. The van der Waals surface area contributed by atoms with Crippen LogP contribution in [-0.2, 0) is 11.3 Å². The van der Waals surface area contributed by atoms with Gasteiger partial charge in [0.05, 0.1) is 12.7 Å². The highest BCUT2D eigenvalue weighted by molar-refractivity contribution is 5.76. The van der Waals surface area contributed by atoms with E-state index in [0.29, 0.717) is 19.5 Å². The van der Waals surface area contributed by atoms with E-state index in [1.165, 1.54) is 12.8 Å². The summed E-state index contributed by atoms with van der Waals surface area (Å²) in [5.74, 6) is 1.06. The first kappa shape index (κ1) is 12.1. The molecular weight excluding hydrogens is 218 g/mol. The van der Waals surface area contributed by atoms with Crippen LogP contribution in [0.5, 0.6) is 0 Å². The van der Waals surface area contributed by atoms with E-state index in [1.54, 1.807) is 6.20 Å². The maximum Gasteiger partial charge on any atom is 0.223 e.